The minimum absolute atomic E-state index is 0.354. The molecule has 0 fully saturated rings. The van der Waals surface area contributed by atoms with E-state index in [-0.39, 0.29) is 0 Å². The molecule has 66 valence electrons. The molecule has 0 aromatic rings. The van der Waals surface area contributed by atoms with Crippen LogP contribution in [-0.2, 0) is 0 Å². The van der Waals surface area contributed by atoms with Crippen molar-refractivity contribution in [1.82, 2.24) is 5.43 Å². The van der Waals surface area contributed by atoms with Crippen molar-refractivity contribution in [1.29, 1.82) is 0 Å². The van der Waals surface area contributed by atoms with Crippen LogP contribution in [0, 0.1) is 5.92 Å². The molecule has 0 amide bonds. The van der Waals surface area contributed by atoms with E-state index in [4.69, 9.17) is 0 Å². The summed E-state index contributed by atoms with van der Waals surface area (Å²) in [5, 5.41) is 4.21. The van der Waals surface area contributed by atoms with E-state index < -0.39 is 0 Å². The summed E-state index contributed by atoms with van der Waals surface area (Å²) in [6.45, 7) is 8.35. The first-order valence-electron chi connectivity index (χ1n) is 3.98. The van der Waals surface area contributed by atoms with Gasteiger partial charge in [0.1, 0.15) is 0 Å². The Morgan fingerprint density at radius 3 is 2.36 bits per heavy atom. The van der Waals surface area contributed by atoms with Crippen molar-refractivity contribution in [2.75, 3.05) is 5.75 Å². The van der Waals surface area contributed by atoms with Crippen LogP contribution in [0.25, 0.3) is 0 Å². The van der Waals surface area contributed by atoms with Crippen molar-refractivity contribution in [3.05, 3.63) is 0 Å². The molecule has 11 heavy (non-hydrogen) atoms. The molecule has 0 aliphatic heterocycles. The molecule has 0 saturated carbocycles. The lowest BCUT2D eigenvalue weighted by Crippen LogP contribution is -2.24. The second kappa shape index (κ2) is 5.47. The maximum absolute atomic E-state index is 4.21. The molecule has 0 aromatic heterocycles. The topological polar surface area (TPSA) is 24.4 Å². The Hall–Kier alpha value is -0.180. The van der Waals surface area contributed by atoms with Crippen molar-refractivity contribution >= 4 is 18.3 Å². The summed E-state index contributed by atoms with van der Waals surface area (Å²) in [6.07, 6.45) is 0. The summed E-state index contributed by atoms with van der Waals surface area (Å²) in [4.78, 5) is 0. The van der Waals surface area contributed by atoms with Gasteiger partial charge in [-0.1, -0.05) is 13.8 Å². The van der Waals surface area contributed by atoms with Crippen LogP contribution in [0.5, 0.6) is 0 Å². The molecule has 0 bridgehead atoms. The monoisotopic (exact) mass is 174 g/mol. The number of nitrogens with zero attached hydrogens (tertiary/aromatic N) is 1. The Kier molecular flexibility index (Phi) is 5.38. The van der Waals surface area contributed by atoms with Crippen LogP contribution < -0.4 is 5.43 Å². The van der Waals surface area contributed by atoms with E-state index in [1.807, 2.05) is 6.92 Å². The van der Waals surface area contributed by atoms with Crippen LogP contribution in [0.2, 0.25) is 0 Å². The second-order valence-corrected chi connectivity index (χ2v) is 3.49. The molecule has 1 atom stereocenters. The molecule has 0 heterocycles. The molecule has 0 aromatic carbocycles. The molecular formula is C8H18N2S. The van der Waals surface area contributed by atoms with E-state index >= 15 is 0 Å². The van der Waals surface area contributed by atoms with Gasteiger partial charge in [-0.3, -0.25) is 0 Å². The van der Waals surface area contributed by atoms with Gasteiger partial charge in [0.2, 0.25) is 0 Å². The van der Waals surface area contributed by atoms with Crippen LogP contribution in [-0.4, -0.2) is 17.5 Å². The van der Waals surface area contributed by atoms with E-state index in [0.29, 0.717) is 12.0 Å². The molecule has 2 nitrogen and oxygen atoms in total. The van der Waals surface area contributed by atoms with E-state index in [0.717, 1.165) is 11.5 Å². The van der Waals surface area contributed by atoms with Crippen LogP contribution in [0.15, 0.2) is 5.10 Å². The Bertz CT molecular complexity index is 132. The van der Waals surface area contributed by atoms with Crippen LogP contribution in [0.3, 0.4) is 0 Å². The van der Waals surface area contributed by atoms with Crippen LogP contribution in [0.1, 0.15) is 27.7 Å². The number of hydrazone groups is 1. The highest BCUT2D eigenvalue weighted by atomic mass is 32.1. The zero-order valence-electron chi connectivity index (χ0n) is 7.76. The van der Waals surface area contributed by atoms with E-state index in [1.165, 1.54) is 0 Å². The third-order valence-corrected chi connectivity index (χ3v) is 2.12. The van der Waals surface area contributed by atoms with Crippen LogP contribution in [0.4, 0.5) is 0 Å². The van der Waals surface area contributed by atoms with Crippen molar-refractivity contribution in [2.45, 2.75) is 33.7 Å². The zero-order valence-corrected chi connectivity index (χ0v) is 8.65. The summed E-state index contributed by atoms with van der Waals surface area (Å²) in [7, 11) is 0. The lowest BCUT2D eigenvalue weighted by atomic mass is 10.1. The highest BCUT2D eigenvalue weighted by molar-refractivity contribution is 7.80. The fourth-order valence-electron chi connectivity index (χ4n) is 0.382. The molecule has 0 radical (unpaired) electrons. The Balaban J connectivity index is 3.72. The largest absolute Gasteiger partial charge is 0.307 e. The van der Waals surface area contributed by atoms with Crippen molar-refractivity contribution < 1.29 is 0 Å². The molecule has 0 aliphatic carbocycles. The quantitative estimate of drug-likeness (QED) is 0.380. The van der Waals surface area contributed by atoms with Crippen LogP contribution >= 0.6 is 12.6 Å². The normalized spacial score (nSPS) is 15.3. The average molecular weight is 174 g/mol. The Morgan fingerprint density at radius 1 is 1.45 bits per heavy atom. The number of nitrogens with one attached hydrogen (secondary N) is 1. The van der Waals surface area contributed by atoms with Gasteiger partial charge in [-0.15, -0.1) is 0 Å². The number of rotatable bonds is 4. The highest BCUT2D eigenvalue weighted by Gasteiger charge is 1.98. The summed E-state index contributed by atoms with van der Waals surface area (Å²) >= 11 is 4.14. The van der Waals surface area contributed by atoms with Crippen molar-refractivity contribution in [2.24, 2.45) is 11.0 Å². The molecule has 1 unspecified atom stereocenters. The summed E-state index contributed by atoms with van der Waals surface area (Å²) in [6, 6.07) is 0.354. The number of hydrogen-bond acceptors (Lipinski definition) is 3. The van der Waals surface area contributed by atoms with E-state index in [1.54, 1.807) is 0 Å². The Morgan fingerprint density at radius 2 is 2.00 bits per heavy atom. The fraction of sp³-hybridized carbons (Fsp3) is 0.875. The molecule has 0 saturated heterocycles. The van der Waals surface area contributed by atoms with E-state index in [2.05, 4.69) is 43.9 Å². The van der Waals surface area contributed by atoms with Gasteiger partial charge in [-0.05, 0) is 19.8 Å². The third kappa shape index (κ3) is 5.13. The van der Waals surface area contributed by atoms with Gasteiger partial charge in [0.25, 0.3) is 0 Å². The molecule has 1 N–H and O–H groups in total. The van der Waals surface area contributed by atoms with Gasteiger partial charge in [0, 0.05) is 17.5 Å². The van der Waals surface area contributed by atoms with E-state index in [9.17, 15) is 0 Å². The second-order valence-electron chi connectivity index (χ2n) is 3.12. The number of hydrogen-bond donors (Lipinski definition) is 2. The maximum Gasteiger partial charge on any atom is 0.0499 e. The molecular weight excluding hydrogens is 156 g/mol. The molecule has 0 rings (SSSR count). The number of thiol groups is 1. The van der Waals surface area contributed by atoms with Gasteiger partial charge in [-0.25, -0.2) is 0 Å². The third-order valence-electron chi connectivity index (χ3n) is 1.57. The van der Waals surface area contributed by atoms with Gasteiger partial charge >= 0.3 is 0 Å². The van der Waals surface area contributed by atoms with Gasteiger partial charge in [0.05, 0.1) is 0 Å². The Labute approximate surface area is 74.9 Å². The lowest BCUT2D eigenvalue weighted by Gasteiger charge is -2.09. The standard InChI is InChI=1S/C8H18N2S/c1-6(2)8(4)10-9-7(3)5-11/h6-7,9,11H,5H2,1-4H3/b10-8-. The SMILES string of the molecule is C/C(=N/NC(C)CS)C(C)C. The predicted octanol–water partition coefficient (Wildman–Crippen LogP) is 1.93. The minimum Gasteiger partial charge on any atom is -0.307 e. The van der Waals surface area contributed by atoms with Gasteiger partial charge < -0.3 is 5.43 Å². The lowest BCUT2D eigenvalue weighted by molar-refractivity contribution is 0.622. The summed E-state index contributed by atoms with van der Waals surface area (Å²) < 4.78 is 0. The highest BCUT2D eigenvalue weighted by Crippen LogP contribution is 1.95. The molecule has 0 aliphatic rings. The van der Waals surface area contributed by atoms with Gasteiger partial charge in [-0.2, -0.15) is 17.7 Å². The molecule has 0 spiro atoms. The fourth-order valence-corrected chi connectivity index (χ4v) is 0.464. The predicted molar refractivity (Wildman–Crippen MR) is 54.4 cm³/mol. The van der Waals surface area contributed by atoms with Crippen molar-refractivity contribution in [3.8, 4) is 0 Å². The minimum atomic E-state index is 0.354. The summed E-state index contributed by atoms with van der Waals surface area (Å²) in [5.41, 5.74) is 4.16. The zero-order chi connectivity index (χ0) is 8.85. The summed E-state index contributed by atoms with van der Waals surface area (Å²) in [5.74, 6) is 1.34. The van der Waals surface area contributed by atoms with Crippen molar-refractivity contribution in [3.63, 3.8) is 0 Å². The maximum atomic E-state index is 4.21. The van der Waals surface area contributed by atoms with Gasteiger partial charge in [0.15, 0.2) is 0 Å². The average Bonchev–Trinajstić information content (AvgIpc) is 1.99. The molecule has 3 heteroatoms. The first-order valence-corrected chi connectivity index (χ1v) is 4.61. The first-order chi connectivity index (χ1) is 5.07. The smallest absolute Gasteiger partial charge is 0.0499 e. The first kappa shape index (κ1) is 10.8.